The Balaban J connectivity index is 2.26. The van der Waals surface area contributed by atoms with E-state index in [2.05, 4.69) is 46.9 Å². The molecule has 0 spiro atoms. The minimum Gasteiger partial charge on any atom is -0.356 e. The van der Waals surface area contributed by atoms with Crippen LogP contribution in [0, 0.1) is 22.7 Å². The Labute approximate surface area is 172 Å². The molecule has 0 aromatic carbocycles. The van der Waals surface area contributed by atoms with Crippen LogP contribution in [0.25, 0.3) is 0 Å². The van der Waals surface area contributed by atoms with E-state index in [1.807, 2.05) is 6.92 Å². The van der Waals surface area contributed by atoms with Gasteiger partial charge in [-0.25, -0.2) is 0 Å². The van der Waals surface area contributed by atoms with Gasteiger partial charge >= 0.3 is 0 Å². The number of unbranched alkanes of at least 4 members (excludes halogenated alkanes) is 3. The van der Waals surface area contributed by atoms with Crippen LogP contribution in [0.4, 0.5) is 0 Å². The molecule has 5 nitrogen and oxygen atoms in total. The van der Waals surface area contributed by atoms with Gasteiger partial charge in [0, 0.05) is 25.9 Å². The summed E-state index contributed by atoms with van der Waals surface area (Å²) in [6.07, 6.45) is 6.20. The number of carbonyl (C=O) groups excluding carboxylic acids is 3. The van der Waals surface area contributed by atoms with Crippen LogP contribution in [0.15, 0.2) is 0 Å². The van der Waals surface area contributed by atoms with E-state index in [-0.39, 0.29) is 54.4 Å². The number of carbonyl (C=O) groups is 3. The first kappa shape index (κ1) is 24.6. The van der Waals surface area contributed by atoms with Gasteiger partial charge in [-0.3, -0.25) is 19.3 Å². The number of hydrogen-bond acceptors (Lipinski definition) is 3. The summed E-state index contributed by atoms with van der Waals surface area (Å²) in [6, 6.07) is 0. The third-order valence-electron chi connectivity index (χ3n) is 5.99. The summed E-state index contributed by atoms with van der Waals surface area (Å²) in [7, 11) is 0. The maximum Gasteiger partial charge on any atom is 0.233 e. The van der Waals surface area contributed by atoms with Crippen molar-refractivity contribution in [1.29, 1.82) is 0 Å². The second kappa shape index (κ2) is 10.4. The van der Waals surface area contributed by atoms with Crippen LogP contribution >= 0.6 is 0 Å². The highest BCUT2D eigenvalue weighted by Crippen LogP contribution is 2.37. The van der Waals surface area contributed by atoms with Gasteiger partial charge in [0.1, 0.15) is 0 Å². The maximum atomic E-state index is 12.6. The molecule has 3 amide bonds. The maximum absolute atomic E-state index is 12.6. The number of amides is 3. The fraction of sp³-hybridized carbons (Fsp3) is 0.870. The van der Waals surface area contributed by atoms with Gasteiger partial charge in [0.25, 0.3) is 0 Å². The average molecular weight is 395 g/mol. The molecule has 1 aliphatic heterocycles. The second-order valence-corrected chi connectivity index (χ2v) is 10.7. The molecule has 0 aromatic rings. The number of likely N-dealkylation sites (tertiary alicyclic amines) is 1. The number of imide groups is 1. The van der Waals surface area contributed by atoms with E-state index in [9.17, 15) is 14.4 Å². The van der Waals surface area contributed by atoms with E-state index < -0.39 is 0 Å². The molecule has 0 bridgehead atoms. The van der Waals surface area contributed by atoms with E-state index in [0.29, 0.717) is 12.0 Å². The Bertz CT molecular complexity index is 543. The topological polar surface area (TPSA) is 66.5 Å². The molecule has 0 aromatic heterocycles. The van der Waals surface area contributed by atoms with Gasteiger partial charge in [0.15, 0.2) is 0 Å². The Morgan fingerprint density at radius 3 is 2.25 bits per heavy atom. The summed E-state index contributed by atoms with van der Waals surface area (Å²) in [5.41, 5.74) is 0.364. The Kier molecular flexibility index (Phi) is 9.16. The molecule has 2 atom stereocenters. The molecule has 0 radical (unpaired) electrons. The van der Waals surface area contributed by atoms with Gasteiger partial charge in [-0.1, -0.05) is 67.7 Å². The van der Waals surface area contributed by atoms with Crippen molar-refractivity contribution in [2.45, 2.75) is 93.4 Å². The molecule has 162 valence electrons. The van der Waals surface area contributed by atoms with Crippen molar-refractivity contribution in [3.05, 3.63) is 0 Å². The quantitative estimate of drug-likeness (QED) is 0.437. The van der Waals surface area contributed by atoms with Crippen LogP contribution in [-0.4, -0.2) is 35.7 Å². The van der Waals surface area contributed by atoms with Gasteiger partial charge in [0.2, 0.25) is 17.7 Å². The van der Waals surface area contributed by atoms with Gasteiger partial charge in [-0.2, -0.15) is 0 Å². The van der Waals surface area contributed by atoms with Crippen molar-refractivity contribution >= 4 is 17.7 Å². The highest BCUT2D eigenvalue weighted by atomic mass is 16.2. The SMILES string of the molecule is CC(C1CC(=O)N(CCC(=O)NCCCCCCC(C)(C)C)C1=O)C(C)(C)C. The molecule has 1 N–H and O–H groups in total. The predicted octanol–water partition coefficient (Wildman–Crippen LogP) is 4.55. The molecule has 1 rings (SSSR count). The third-order valence-corrected chi connectivity index (χ3v) is 5.99. The van der Waals surface area contributed by atoms with Crippen molar-refractivity contribution in [2.75, 3.05) is 13.1 Å². The first-order valence-electron chi connectivity index (χ1n) is 10.9. The largest absolute Gasteiger partial charge is 0.356 e. The van der Waals surface area contributed by atoms with Crippen LogP contribution < -0.4 is 5.32 Å². The van der Waals surface area contributed by atoms with Gasteiger partial charge < -0.3 is 5.32 Å². The highest BCUT2D eigenvalue weighted by Gasteiger charge is 2.44. The molecular weight excluding hydrogens is 352 g/mol. The summed E-state index contributed by atoms with van der Waals surface area (Å²) < 4.78 is 0. The van der Waals surface area contributed by atoms with E-state index >= 15 is 0 Å². The predicted molar refractivity (Wildman–Crippen MR) is 114 cm³/mol. The monoisotopic (exact) mass is 394 g/mol. The van der Waals surface area contributed by atoms with Crippen molar-refractivity contribution in [3.8, 4) is 0 Å². The summed E-state index contributed by atoms with van der Waals surface area (Å²) >= 11 is 0. The minimum atomic E-state index is -0.261. The molecule has 1 heterocycles. The first-order valence-corrected chi connectivity index (χ1v) is 10.9. The van der Waals surface area contributed by atoms with Crippen LogP contribution in [0.3, 0.4) is 0 Å². The zero-order valence-electron chi connectivity index (χ0n) is 19.2. The van der Waals surface area contributed by atoms with Crippen molar-refractivity contribution in [2.24, 2.45) is 22.7 Å². The summed E-state index contributed by atoms with van der Waals surface area (Å²) in [5.74, 6) is -0.468. The molecule has 1 aliphatic rings. The summed E-state index contributed by atoms with van der Waals surface area (Å²) in [4.78, 5) is 38.2. The Hall–Kier alpha value is -1.39. The van der Waals surface area contributed by atoms with Crippen LogP contribution in [0.2, 0.25) is 0 Å². The fourth-order valence-electron chi connectivity index (χ4n) is 3.60. The number of hydrogen-bond donors (Lipinski definition) is 1. The number of nitrogens with zero attached hydrogens (tertiary/aromatic N) is 1. The lowest BCUT2D eigenvalue weighted by Crippen LogP contribution is -2.37. The molecular formula is C23H42N2O3. The zero-order valence-corrected chi connectivity index (χ0v) is 19.2. The van der Waals surface area contributed by atoms with E-state index in [1.54, 1.807) is 0 Å². The van der Waals surface area contributed by atoms with Gasteiger partial charge in [-0.15, -0.1) is 0 Å². The van der Waals surface area contributed by atoms with E-state index in [0.717, 1.165) is 12.8 Å². The standard InChI is InChI=1S/C23H42N2O3/c1-17(23(5,6)7)18-16-20(27)25(21(18)28)15-12-19(26)24-14-11-9-8-10-13-22(2,3)4/h17-18H,8-16H2,1-7H3,(H,24,26). The lowest BCUT2D eigenvalue weighted by atomic mass is 9.74. The second-order valence-electron chi connectivity index (χ2n) is 10.7. The van der Waals surface area contributed by atoms with E-state index in [4.69, 9.17) is 0 Å². The molecule has 0 aliphatic carbocycles. The number of nitrogens with one attached hydrogen (secondary N) is 1. The van der Waals surface area contributed by atoms with Gasteiger partial charge in [0.05, 0.1) is 5.92 Å². The van der Waals surface area contributed by atoms with Crippen molar-refractivity contribution in [1.82, 2.24) is 10.2 Å². The zero-order chi connectivity index (χ0) is 21.5. The van der Waals surface area contributed by atoms with Crippen LogP contribution in [0.1, 0.15) is 93.4 Å². The van der Waals surface area contributed by atoms with Crippen molar-refractivity contribution in [3.63, 3.8) is 0 Å². The molecule has 0 saturated carbocycles. The van der Waals surface area contributed by atoms with E-state index in [1.165, 1.54) is 24.2 Å². The molecule has 2 unspecified atom stereocenters. The molecule has 1 saturated heterocycles. The molecule has 5 heteroatoms. The lowest BCUT2D eigenvalue weighted by Gasteiger charge is -2.30. The highest BCUT2D eigenvalue weighted by molar-refractivity contribution is 6.03. The van der Waals surface area contributed by atoms with Gasteiger partial charge in [-0.05, 0) is 29.6 Å². The smallest absolute Gasteiger partial charge is 0.233 e. The molecule has 1 fully saturated rings. The Morgan fingerprint density at radius 2 is 1.68 bits per heavy atom. The molecule has 28 heavy (non-hydrogen) atoms. The lowest BCUT2D eigenvalue weighted by molar-refractivity contribution is -0.140. The fourth-order valence-corrected chi connectivity index (χ4v) is 3.60. The average Bonchev–Trinajstić information content (AvgIpc) is 2.83. The van der Waals surface area contributed by atoms with Crippen LogP contribution in [-0.2, 0) is 14.4 Å². The van der Waals surface area contributed by atoms with Crippen LogP contribution in [0.5, 0.6) is 0 Å². The Morgan fingerprint density at radius 1 is 1.07 bits per heavy atom. The normalized spacial score (nSPS) is 19.2. The third kappa shape index (κ3) is 8.32. The number of rotatable bonds is 10. The first-order chi connectivity index (χ1) is 12.8. The summed E-state index contributed by atoms with van der Waals surface area (Å²) in [5, 5.41) is 2.91. The summed E-state index contributed by atoms with van der Waals surface area (Å²) in [6.45, 7) is 16.0. The minimum absolute atomic E-state index is 0.0269. The van der Waals surface area contributed by atoms with Crippen molar-refractivity contribution < 1.29 is 14.4 Å².